The number of hydrogen-bond acceptors (Lipinski definition) is 3. The van der Waals surface area contributed by atoms with E-state index in [2.05, 4.69) is 4.98 Å². The molecule has 19 heavy (non-hydrogen) atoms. The van der Waals surface area contributed by atoms with Gasteiger partial charge in [0.25, 0.3) is 0 Å². The van der Waals surface area contributed by atoms with Gasteiger partial charge in [-0.15, -0.1) is 0 Å². The van der Waals surface area contributed by atoms with Crippen LogP contribution in [0.3, 0.4) is 0 Å². The molecule has 1 aliphatic carbocycles. The van der Waals surface area contributed by atoms with Crippen LogP contribution < -0.4 is 5.73 Å². The minimum Gasteiger partial charge on any atom is -0.398 e. The normalized spacial score (nSPS) is 26.4. The number of hydrogen-bond donors (Lipinski definition) is 1. The summed E-state index contributed by atoms with van der Waals surface area (Å²) in [6.45, 7) is 0.921. The van der Waals surface area contributed by atoms with Gasteiger partial charge in [0.1, 0.15) is 0 Å². The smallest absolute Gasteiger partial charge is 0.0685 e. The molecule has 0 aromatic carbocycles. The molecule has 2 aliphatic rings. The highest BCUT2D eigenvalue weighted by molar-refractivity contribution is 5.44. The van der Waals surface area contributed by atoms with Crippen LogP contribution in [0, 0.1) is 5.92 Å². The highest BCUT2D eigenvalue weighted by atomic mass is 16.5. The minimum atomic E-state index is 0.193. The van der Waals surface area contributed by atoms with Gasteiger partial charge in [-0.25, -0.2) is 0 Å². The summed E-state index contributed by atoms with van der Waals surface area (Å²) in [5.41, 5.74) is 8.33. The highest BCUT2D eigenvalue weighted by Crippen LogP contribution is 2.41. The molecule has 1 aromatic heterocycles. The molecule has 1 saturated heterocycles. The van der Waals surface area contributed by atoms with Gasteiger partial charge in [-0.3, -0.25) is 4.98 Å². The van der Waals surface area contributed by atoms with Crippen LogP contribution >= 0.6 is 0 Å². The number of pyridine rings is 1. The van der Waals surface area contributed by atoms with Crippen molar-refractivity contribution in [3.05, 3.63) is 24.0 Å². The van der Waals surface area contributed by atoms with E-state index < -0.39 is 0 Å². The van der Waals surface area contributed by atoms with Gasteiger partial charge >= 0.3 is 0 Å². The maximum absolute atomic E-state index is 6.16. The molecule has 2 N–H and O–H groups in total. The summed E-state index contributed by atoms with van der Waals surface area (Å²) in [5.74, 6) is 0.707. The zero-order valence-corrected chi connectivity index (χ0v) is 11.6. The molecule has 0 amide bonds. The Kier molecular flexibility index (Phi) is 3.74. The Morgan fingerprint density at radius 2 is 2.16 bits per heavy atom. The summed E-state index contributed by atoms with van der Waals surface area (Å²) in [4.78, 5) is 4.20. The van der Waals surface area contributed by atoms with E-state index in [1.54, 1.807) is 6.20 Å². The third kappa shape index (κ3) is 2.92. The second kappa shape index (κ2) is 5.49. The molecule has 2 heterocycles. The minimum absolute atomic E-state index is 0.193. The van der Waals surface area contributed by atoms with E-state index in [1.807, 2.05) is 12.3 Å². The molecule has 1 spiro atoms. The third-order valence-corrected chi connectivity index (χ3v) is 4.81. The fraction of sp³-hybridized carbons (Fsp3) is 0.688. The average Bonchev–Trinajstić information content (AvgIpc) is 2.42. The van der Waals surface area contributed by atoms with E-state index >= 15 is 0 Å². The SMILES string of the molecule is Nc1ccncc1CC1CCOC2(CCCCC2)C1. The van der Waals surface area contributed by atoms with Crippen LogP contribution in [-0.4, -0.2) is 17.2 Å². The average molecular weight is 260 g/mol. The van der Waals surface area contributed by atoms with Gasteiger partial charge in [0, 0.05) is 24.7 Å². The Bertz CT molecular complexity index is 421. The van der Waals surface area contributed by atoms with Crippen LogP contribution in [0.4, 0.5) is 5.69 Å². The number of ether oxygens (including phenoxy) is 1. The molecule has 3 rings (SSSR count). The van der Waals surface area contributed by atoms with E-state index in [1.165, 1.54) is 44.1 Å². The number of aromatic nitrogens is 1. The van der Waals surface area contributed by atoms with E-state index in [4.69, 9.17) is 10.5 Å². The topological polar surface area (TPSA) is 48.1 Å². The second-order valence-electron chi connectivity index (χ2n) is 6.23. The van der Waals surface area contributed by atoms with Gasteiger partial charge in [0.05, 0.1) is 5.60 Å². The van der Waals surface area contributed by atoms with Gasteiger partial charge in [-0.2, -0.15) is 0 Å². The van der Waals surface area contributed by atoms with Gasteiger partial charge in [0.15, 0.2) is 0 Å². The number of nitrogens with zero attached hydrogens (tertiary/aromatic N) is 1. The van der Waals surface area contributed by atoms with Gasteiger partial charge < -0.3 is 10.5 Å². The second-order valence-corrected chi connectivity index (χ2v) is 6.23. The maximum Gasteiger partial charge on any atom is 0.0685 e. The Hall–Kier alpha value is -1.09. The van der Waals surface area contributed by atoms with Crippen LogP contribution in [0.25, 0.3) is 0 Å². The molecule has 1 atom stereocenters. The first-order chi connectivity index (χ1) is 9.27. The first-order valence-corrected chi connectivity index (χ1v) is 7.60. The lowest BCUT2D eigenvalue weighted by atomic mass is 9.74. The lowest BCUT2D eigenvalue weighted by molar-refractivity contribution is -0.117. The van der Waals surface area contributed by atoms with Crippen molar-refractivity contribution in [1.29, 1.82) is 0 Å². The van der Waals surface area contributed by atoms with Gasteiger partial charge in [0.2, 0.25) is 0 Å². The summed E-state index contributed by atoms with van der Waals surface area (Å²) in [6.07, 6.45) is 13.7. The molecule has 3 heteroatoms. The lowest BCUT2D eigenvalue weighted by Crippen LogP contribution is -2.42. The standard InChI is InChI=1S/C16H24N2O/c17-15-4-8-18-12-14(15)10-13-5-9-19-16(11-13)6-2-1-3-7-16/h4,8,12-13H,1-3,5-7,9-11H2,(H2,17,18). The van der Waals surface area contributed by atoms with E-state index in [9.17, 15) is 0 Å². The maximum atomic E-state index is 6.16. The molecular weight excluding hydrogens is 236 g/mol. The van der Waals surface area contributed by atoms with Crippen LogP contribution in [0.5, 0.6) is 0 Å². The lowest BCUT2D eigenvalue weighted by Gasteiger charge is -2.43. The predicted molar refractivity (Wildman–Crippen MR) is 76.8 cm³/mol. The van der Waals surface area contributed by atoms with Crippen molar-refractivity contribution in [2.24, 2.45) is 5.92 Å². The summed E-state index contributed by atoms with van der Waals surface area (Å²) < 4.78 is 6.16. The molecule has 0 radical (unpaired) electrons. The predicted octanol–water partition coefficient (Wildman–Crippen LogP) is 3.34. The van der Waals surface area contributed by atoms with E-state index in [-0.39, 0.29) is 5.60 Å². The largest absolute Gasteiger partial charge is 0.398 e. The Balaban J connectivity index is 1.67. The summed E-state index contributed by atoms with van der Waals surface area (Å²) >= 11 is 0. The fourth-order valence-electron chi connectivity index (χ4n) is 3.77. The summed E-state index contributed by atoms with van der Waals surface area (Å²) in [7, 11) is 0. The fourth-order valence-corrected chi connectivity index (χ4v) is 3.77. The third-order valence-electron chi connectivity index (χ3n) is 4.81. The number of nitrogens with two attached hydrogens (primary N) is 1. The first kappa shape index (κ1) is 12.9. The molecule has 1 aliphatic heterocycles. The van der Waals surface area contributed by atoms with Crippen molar-refractivity contribution < 1.29 is 4.74 Å². The molecule has 1 aromatic rings. The molecule has 104 valence electrons. The van der Waals surface area contributed by atoms with Crippen molar-refractivity contribution in [2.75, 3.05) is 12.3 Å². The molecule has 1 saturated carbocycles. The highest BCUT2D eigenvalue weighted by Gasteiger charge is 2.38. The monoisotopic (exact) mass is 260 g/mol. The number of anilines is 1. The quantitative estimate of drug-likeness (QED) is 0.887. The van der Waals surface area contributed by atoms with Crippen molar-refractivity contribution in [3.8, 4) is 0 Å². The van der Waals surface area contributed by atoms with Crippen LogP contribution in [-0.2, 0) is 11.2 Å². The summed E-state index contributed by atoms with van der Waals surface area (Å²) in [6, 6.07) is 1.91. The first-order valence-electron chi connectivity index (χ1n) is 7.60. The van der Waals surface area contributed by atoms with E-state index in [0.717, 1.165) is 25.1 Å². The van der Waals surface area contributed by atoms with Crippen molar-refractivity contribution >= 4 is 5.69 Å². The Labute approximate surface area is 115 Å². The zero-order chi connectivity index (χ0) is 13.1. The van der Waals surface area contributed by atoms with Crippen molar-refractivity contribution in [1.82, 2.24) is 4.98 Å². The Morgan fingerprint density at radius 3 is 2.95 bits per heavy atom. The number of nitrogen functional groups attached to an aromatic ring is 1. The summed E-state index contributed by atoms with van der Waals surface area (Å²) in [5, 5.41) is 0. The van der Waals surface area contributed by atoms with Gasteiger partial charge in [-0.05, 0) is 49.7 Å². The van der Waals surface area contributed by atoms with Crippen LogP contribution in [0.15, 0.2) is 18.5 Å². The molecule has 2 fully saturated rings. The van der Waals surface area contributed by atoms with E-state index in [0.29, 0.717) is 5.92 Å². The molecule has 3 nitrogen and oxygen atoms in total. The zero-order valence-electron chi connectivity index (χ0n) is 11.6. The van der Waals surface area contributed by atoms with Crippen LogP contribution in [0.1, 0.15) is 50.5 Å². The molecule has 1 unspecified atom stereocenters. The van der Waals surface area contributed by atoms with Crippen molar-refractivity contribution in [2.45, 2.75) is 57.0 Å². The van der Waals surface area contributed by atoms with Crippen molar-refractivity contribution in [3.63, 3.8) is 0 Å². The number of rotatable bonds is 2. The van der Waals surface area contributed by atoms with Gasteiger partial charge in [-0.1, -0.05) is 19.3 Å². The Morgan fingerprint density at radius 1 is 1.32 bits per heavy atom. The van der Waals surface area contributed by atoms with Crippen LogP contribution in [0.2, 0.25) is 0 Å². The molecule has 0 bridgehead atoms. The molecular formula is C16H24N2O.